The lowest BCUT2D eigenvalue weighted by molar-refractivity contribution is -0.117. The van der Waals surface area contributed by atoms with E-state index in [-0.39, 0.29) is 17.7 Å². The van der Waals surface area contributed by atoms with E-state index in [1.54, 1.807) is 36.5 Å². The van der Waals surface area contributed by atoms with Gasteiger partial charge < -0.3 is 10.6 Å². The highest BCUT2D eigenvalue weighted by Gasteiger charge is 2.42. The molecule has 1 saturated carbocycles. The molecule has 1 fully saturated rings. The molecule has 1 aliphatic carbocycles. The van der Waals surface area contributed by atoms with Gasteiger partial charge in [-0.25, -0.2) is 4.98 Å². The van der Waals surface area contributed by atoms with E-state index in [4.69, 9.17) is 0 Å². The zero-order valence-corrected chi connectivity index (χ0v) is 17.2. The third kappa shape index (κ3) is 6.70. The van der Waals surface area contributed by atoms with Gasteiger partial charge in [0.25, 0.3) is 5.91 Å². The van der Waals surface area contributed by atoms with E-state index in [0.717, 1.165) is 12.8 Å². The Balaban J connectivity index is 1.43. The molecule has 0 bridgehead atoms. The average Bonchev–Trinajstić information content (AvgIpc) is 3.51. The van der Waals surface area contributed by atoms with Crippen LogP contribution in [0.5, 0.6) is 0 Å². The average molecular weight is 394 g/mol. The number of anilines is 2. The molecule has 0 aliphatic heterocycles. The number of unbranched alkanes of at least 4 members (excludes halogenated alkanes) is 5. The maximum absolute atomic E-state index is 12.5. The van der Waals surface area contributed by atoms with Gasteiger partial charge in [-0.05, 0) is 49.1 Å². The van der Waals surface area contributed by atoms with Crippen molar-refractivity contribution in [1.29, 1.82) is 0 Å². The number of hydrogen-bond donors (Lipinski definition) is 2. The minimum atomic E-state index is -0.243. The first-order valence-electron chi connectivity index (χ1n) is 10.8. The van der Waals surface area contributed by atoms with Crippen molar-refractivity contribution < 1.29 is 9.59 Å². The van der Waals surface area contributed by atoms with Crippen molar-refractivity contribution in [3.05, 3.63) is 54.2 Å². The number of nitrogens with zero attached hydrogens (tertiary/aromatic N) is 1. The first kappa shape index (κ1) is 21.0. The molecule has 1 aromatic carbocycles. The Bertz CT molecular complexity index is 807. The lowest BCUT2D eigenvalue weighted by atomic mass is 10.1. The highest BCUT2D eigenvalue weighted by Crippen LogP contribution is 2.43. The van der Waals surface area contributed by atoms with Crippen molar-refractivity contribution in [2.45, 2.75) is 58.3 Å². The Kier molecular flexibility index (Phi) is 7.79. The van der Waals surface area contributed by atoms with Crippen LogP contribution in [0.1, 0.15) is 68.6 Å². The maximum Gasteiger partial charge on any atom is 0.256 e. The van der Waals surface area contributed by atoms with Gasteiger partial charge in [-0.15, -0.1) is 0 Å². The van der Waals surface area contributed by atoms with Gasteiger partial charge in [0.1, 0.15) is 5.82 Å². The molecule has 154 valence electrons. The van der Waals surface area contributed by atoms with Crippen LogP contribution in [0.3, 0.4) is 0 Å². The van der Waals surface area contributed by atoms with Crippen LogP contribution in [-0.2, 0) is 4.79 Å². The minimum Gasteiger partial charge on any atom is -0.326 e. The van der Waals surface area contributed by atoms with Crippen LogP contribution in [0.4, 0.5) is 11.5 Å². The van der Waals surface area contributed by atoms with Crippen LogP contribution in [-0.4, -0.2) is 16.8 Å². The van der Waals surface area contributed by atoms with Gasteiger partial charge in [0.15, 0.2) is 0 Å². The molecule has 3 rings (SSSR count). The number of aromatic nitrogens is 1. The summed E-state index contributed by atoms with van der Waals surface area (Å²) >= 11 is 0. The van der Waals surface area contributed by atoms with Crippen LogP contribution in [0.25, 0.3) is 0 Å². The number of rotatable bonds is 11. The third-order valence-corrected chi connectivity index (χ3v) is 5.49. The van der Waals surface area contributed by atoms with Gasteiger partial charge >= 0.3 is 0 Å². The summed E-state index contributed by atoms with van der Waals surface area (Å²) in [7, 11) is 0. The van der Waals surface area contributed by atoms with E-state index in [1.165, 1.54) is 38.5 Å². The predicted octanol–water partition coefficient (Wildman–Crippen LogP) is 5.66. The Morgan fingerprint density at radius 3 is 2.62 bits per heavy atom. The molecule has 29 heavy (non-hydrogen) atoms. The third-order valence-electron chi connectivity index (χ3n) is 5.49. The maximum atomic E-state index is 12.5. The van der Waals surface area contributed by atoms with Crippen molar-refractivity contribution >= 4 is 23.3 Å². The van der Waals surface area contributed by atoms with Gasteiger partial charge in [0.05, 0.1) is 0 Å². The number of hydrogen-bond acceptors (Lipinski definition) is 3. The van der Waals surface area contributed by atoms with Crippen LogP contribution < -0.4 is 10.6 Å². The summed E-state index contributed by atoms with van der Waals surface area (Å²) in [5, 5.41) is 5.74. The largest absolute Gasteiger partial charge is 0.326 e. The molecule has 2 amide bonds. The van der Waals surface area contributed by atoms with E-state index < -0.39 is 0 Å². The normalized spacial score (nSPS) is 17.6. The van der Waals surface area contributed by atoms with Crippen LogP contribution >= 0.6 is 0 Å². The summed E-state index contributed by atoms with van der Waals surface area (Å²) < 4.78 is 0. The Morgan fingerprint density at radius 1 is 1.00 bits per heavy atom. The summed E-state index contributed by atoms with van der Waals surface area (Å²) in [5.74, 6) is 0.978. The molecule has 0 unspecified atom stereocenters. The molecular weight excluding hydrogens is 362 g/mol. The van der Waals surface area contributed by atoms with Crippen molar-refractivity contribution in [2.24, 2.45) is 11.8 Å². The summed E-state index contributed by atoms with van der Waals surface area (Å²) in [6.45, 7) is 2.23. The first-order chi connectivity index (χ1) is 14.2. The summed E-state index contributed by atoms with van der Waals surface area (Å²) in [6.07, 6.45) is 11.5. The number of amides is 2. The van der Waals surface area contributed by atoms with Crippen molar-refractivity contribution in [3.63, 3.8) is 0 Å². The molecule has 2 atom stereocenters. The fourth-order valence-corrected chi connectivity index (χ4v) is 3.67. The lowest BCUT2D eigenvalue weighted by Gasteiger charge is -2.08. The first-order valence-corrected chi connectivity index (χ1v) is 10.8. The number of nitrogens with one attached hydrogen (secondary N) is 2. The van der Waals surface area contributed by atoms with Gasteiger partial charge in [-0.3, -0.25) is 9.59 Å². The van der Waals surface area contributed by atoms with Crippen LogP contribution in [0.15, 0.2) is 48.7 Å². The number of carbonyl (C=O) groups excluding carboxylic acids is 2. The van der Waals surface area contributed by atoms with E-state index in [2.05, 4.69) is 22.5 Å². The zero-order chi connectivity index (χ0) is 20.5. The Hall–Kier alpha value is -2.69. The molecule has 1 aliphatic rings. The predicted molar refractivity (Wildman–Crippen MR) is 117 cm³/mol. The molecule has 0 spiro atoms. The van der Waals surface area contributed by atoms with E-state index in [1.807, 2.05) is 12.1 Å². The minimum absolute atomic E-state index is 0.0725. The lowest BCUT2D eigenvalue weighted by Crippen LogP contribution is -2.16. The van der Waals surface area contributed by atoms with E-state index in [9.17, 15) is 9.59 Å². The summed E-state index contributed by atoms with van der Waals surface area (Å²) in [5.41, 5.74) is 1.15. The number of pyridine rings is 1. The Labute approximate surface area is 173 Å². The second kappa shape index (κ2) is 10.7. The zero-order valence-electron chi connectivity index (χ0n) is 17.2. The molecule has 1 aromatic heterocycles. The molecule has 1 heterocycles. The molecule has 2 aromatic rings. The van der Waals surface area contributed by atoms with Gasteiger partial charge in [0, 0.05) is 23.4 Å². The summed E-state index contributed by atoms with van der Waals surface area (Å²) in [4.78, 5) is 29.0. The Morgan fingerprint density at radius 2 is 1.83 bits per heavy atom. The standard InChI is InChI=1S/C24H31N3O2/c1-2-3-4-5-6-7-11-18-17-21(18)24(29)26-20-13-10-12-19(16-20)23(28)27-22-14-8-9-15-25-22/h8-10,12-16,18,21H,2-7,11,17H2,1H3,(H,26,29)(H,25,27,28)/t18-,21+/m1/s1. The fraction of sp³-hybridized carbons (Fsp3) is 0.458. The van der Waals surface area contributed by atoms with Gasteiger partial charge in [0.2, 0.25) is 5.91 Å². The second-order valence-electron chi connectivity index (χ2n) is 7.90. The van der Waals surface area contributed by atoms with E-state index >= 15 is 0 Å². The topological polar surface area (TPSA) is 71.1 Å². The SMILES string of the molecule is CCCCCCCC[C@@H]1C[C@@H]1C(=O)Nc1cccc(C(=O)Nc2ccccn2)c1. The molecule has 5 nitrogen and oxygen atoms in total. The van der Waals surface area contributed by atoms with Crippen molar-refractivity contribution in [2.75, 3.05) is 10.6 Å². The van der Waals surface area contributed by atoms with E-state index in [0.29, 0.717) is 23.0 Å². The second-order valence-corrected chi connectivity index (χ2v) is 7.90. The molecular formula is C24H31N3O2. The van der Waals surface area contributed by atoms with Crippen LogP contribution in [0, 0.1) is 11.8 Å². The molecule has 5 heteroatoms. The van der Waals surface area contributed by atoms with Crippen LogP contribution in [0.2, 0.25) is 0 Å². The highest BCUT2D eigenvalue weighted by atomic mass is 16.2. The number of benzene rings is 1. The van der Waals surface area contributed by atoms with Crippen molar-refractivity contribution in [1.82, 2.24) is 4.98 Å². The quantitative estimate of drug-likeness (QED) is 0.484. The van der Waals surface area contributed by atoms with Gasteiger partial charge in [-0.1, -0.05) is 57.6 Å². The smallest absolute Gasteiger partial charge is 0.256 e. The molecule has 0 radical (unpaired) electrons. The fourth-order valence-electron chi connectivity index (χ4n) is 3.67. The number of carbonyl (C=O) groups is 2. The highest BCUT2D eigenvalue weighted by molar-refractivity contribution is 6.05. The van der Waals surface area contributed by atoms with Gasteiger partial charge in [-0.2, -0.15) is 0 Å². The van der Waals surface area contributed by atoms with Crippen molar-refractivity contribution in [3.8, 4) is 0 Å². The monoisotopic (exact) mass is 393 g/mol. The molecule has 0 saturated heterocycles. The molecule has 2 N–H and O–H groups in total. The summed E-state index contributed by atoms with van der Waals surface area (Å²) in [6, 6.07) is 12.4.